The van der Waals surface area contributed by atoms with Crippen LogP contribution in [-0.4, -0.2) is 0 Å². The Morgan fingerprint density at radius 2 is 0.772 bits per heavy atom. The number of fused-ring (bicyclic) bond motifs is 6. The maximum absolute atomic E-state index is 2.47. The van der Waals surface area contributed by atoms with Crippen molar-refractivity contribution in [1.29, 1.82) is 0 Å². The lowest BCUT2D eigenvalue weighted by Crippen LogP contribution is -2.14. The first-order valence-electron chi connectivity index (χ1n) is 20.0. The molecule has 10 aromatic carbocycles. The molecular formula is C57H40. The Labute approximate surface area is 334 Å². The molecule has 0 aliphatic heterocycles. The normalized spacial score (nSPS) is 12.9. The van der Waals surface area contributed by atoms with Crippen LogP contribution in [0.1, 0.15) is 25.0 Å². The fourth-order valence-electron chi connectivity index (χ4n) is 9.73. The van der Waals surface area contributed by atoms with Crippen LogP contribution < -0.4 is 0 Å². The molecule has 268 valence electrons. The number of benzene rings is 10. The van der Waals surface area contributed by atoms with Gasteiger partial charge in [0.1, 0.15) is 0 Å². The largest absolute Gasteiger partial charge is 0.0622 e. The molecule has 0 aromatic heterocycles. The molecule has 0 amide bonds. The van der Waals surface area contributed by atoms with Gasteiger partial charge in [-0.3, -0.25) is 0 Å². The predicted molar refractivity (Wildman–Crippen MR) is 244 cm³/mol. The van der Waals surface area contributed by atoms with E-state index in [2.05, 4.69) is 220 Å². The zero-order chi connectivity index (χ0) is 38.1. The summed E-state index contributed by atoms with van der Waals surface area (Å²) < 4.78 is 0. The van der Waals surface area contributed by atoms with Crippen LogP contribution in [0.15, 0.2) is 206 Å². The number of hydrogen-bond acceptors (Lipinski definition) is 0. The molecule has 1 aliphatic carbocycles. The van der Waals surface area contributed by atoms with E-state index in [-0.39, 0.29) is 5.41 Å². The van der Waals surface area contributed by atoms with Gasteiger partial charge in [0.25, 0.3) is 0 Å². The van der Waals surface area contributed by atoms with E-state index in [1.165, 1.54) is 110 Å². The highest BCUT2D eigenvalue weighted by atomic mass is 14.4. The fraction of sp³-hybridized carbons (Fsp3) is 0.0526. The topological polar surface area (TPSA) is 0 Å². The first kappa shape index (κ1) is 33.3. The predicted octanol–water partition coefficient (Wildman–Crippen LogP) is 15.8. The van der Waals surface area contributed by atoms with Gasteiger partial charge in [-0.05, 0) is 122 Å². The second-order valence-corrected chi connectivity index (χ2v) is 16.0. The van der Waals surface area contributed by atoms with Crippen molar-refractivity contribution in [2.75, 3.05) is 0 Å². The van der Waals surface area contributed by atoms with Crippen LogP contribution in [-0.2, 0) is 5.41 Å². The Hall–Kier alpha value is -7.02. The van der Waals surface area contributed by atoms with Crippen LogP contribution in [0.2, 0.25) is 0 Å². The van der Waals surface area contributed by atoms with Crippen molar-refractivity contribution in [3.05, 3.63) is 217 Å². The van der Waals surface area contributed by atoms with E-state index in [0.29, 0.717) is 0 Å². The molecule has 0 bridgehead atoms. The van der Waals surface area contributed by atoms with Crippen molar-refractivity contribution in [3.63, 3.8) is 0 Å². The summed E-state index contributed by atoms with van der Waals surface area (Å²) in [6.07, 6.45) is 0. The molecule has 10 aromatic rings. The van der Waals surface area contributed by atoms with Gasteiger partial charge in [-0.2, -0.15) is 0 Å². The minimum atomic E-state index is -0.0959. The Morgan fingerprint density at radius 3 is 1.60 bits per heavy atom. The first-order chi connectivity index (χ1) is 28.0. The third-order valence-electron chi connectivity index (χ3n) is 12.5. The van der Waals surface area contributed by atoms with Crippen molar-refractivity contribution in [2.24, 2.45) is 0 Å². The van der Waals surface area contributed by atoms with Gasteiger partial charge in [0.05, 0.1) is 0 Å². The molecule has 0 N–H and O–H groups in total. The van der Waals surface area contributed by atoms with E-state index in [4.69, 9.17) is 0 Å². The minimum Gasteiger partial charge on any atom is -0.0622 e. The maximum atomic E-state index is 2.47. The summed E-state index contributed by atoms with van der Waals surface area (Å²) in [7, 11) is 0. The summed E-state index contributed by atoms with van der Waals surface area (Å²) in [5, 5.41) is 7.57. The summed E-state index contributed by atoms with van der Waals surface area (Å²) in [6, 6.07) is 76.5. The van der Waals surface area contributed by atoms with Crippen molar-refractivity contribution >= 4 is 32.3 Å². The van der Waals surface area contributed by atoms with E-state index < -0.39 is 0 Å². The average molecular weight is 725 g/mol. The van der Waals surface area contributed by atoms with Gasteiger partial charge in [0.2, 0.25) is 0 Å². The van der Waals surface area contributed by atoms with Gasteiger partial charge in [-0.1, -0.05) is 208 Å². The van der Waals surface area contributed by atoms with Gasteiger partial charge < -0.3 is 0 Å². The second-order valence-electron chi connectivity index (χ2n) is 16.0. The van der Waals surface area contributed by atoms with Crippen LogP contribution in [0.25, 0.3) is 99.1 Å². The van der Waals surface area contributed by atoms with E-state index >= 15 is 0 Å². The molecule has 0 saturated carbocycles. The van der Waals surface area contributed by atoms with Gasteiger partial charge in [0.15, 0.2) is 0 Å². The van der Waals surface area contributed by atoms with Crippen LogP contribution in [0, 0.1) is 0 Å². The highest BCUT2D eigenvalue weighted by molar-refractivity contribution is 6.23. The molecule has 57 heavy (non-hydrogen) atoms. The van der Waals surface area contributed by atoms with Crippen molar-refractivity contribution in [1.82, 2.24) is 0 Å². The lowest BCUT2D eigenvalue weighted by Gasteiger charge is -2.23. The molecule has 0 radical (unpaired) electrons. The van der Waals surface area contributed by atoms with Crippen LogP contribution >= 0.6 is 0 Å². The SMILES string of the molecule is CC1(C)c2ccccc2-c2c(-c3c4ccccc4c(-c4cccc(-c5ccc(-c6ccccc6)cc5)c4)c4ccc(-c5cccc6ccccc56)cc34)cccc21. The molecule has 1 aliphatic rings. The standard InChI is InChI=1S/C57H40/c1-57(2)52-27-11-10-24-49(52)56-50(26-14-28-53(56)57)55-47-23-9-8-22-46(47)54(48-34-33-42(36-51(48)55)45-25-13-18-40-17-6-7-21-44(40)45)43-20-12-19-41(35-43)39-31-29-38(30-32-39)37-15-4-3-5-16-37/h3-36H,1-2H3. The number of hydrogen-bond donors (Lipinski definition) is 0. The Bertz CT molecular complexity index is 3180. The van der Waals surface area contributed by atoms with Gasteiger partial charge in [-0.25, -0.2) is 0 Å². The summed E-state index contributed by atoms with van der Waals surface area (Å²) in [5.41, 5.74) is 17.8. The zero-order valence-corrected chi connectivity index (χ0v) is 32.1. The van der Waals surface area contributed by atoms with E-state index in [1.54, 1.807) is 0 Å². The number of rotatable bonds is 5. The summed E-state index contributed by atoms with van der Waals surface area (Å²) in [5.74, 6) is 0. The molecule has 0 atom stereocenters. The molecule has 0 fully saturated rings. The second kappa shape index (κ2) is 13.0. The molecule has 0 saturated heterocycles. The monoisotopic (exact) mass is 724 g/mol. The van der Waals surface area contributed by atoms with Crippen molar-refractivity contribution in [3.8, 4) is 66.8 Å². The lowest BCUT2D eigenvalue weighted by atomic mass is 9.80. The fourth-order valence-corrected chi connectivity index (χ4v) is 9.73. The third kappa shape index (κ3) is 5.29. The molecule has 0 heterocycles. The zero-order valence-electron chi connectivity index (χ0n) is 32.1. The summed E-state index contributed by atoms with van der Waals surface area (Å²) in [4.78, 5) is 0. The third-order valence-corrected chi connectivity index (χ3v) is 12.5. The lowest BCUT2D eigenvalue weighted by molar-refractivity contribution is 0.660. The summed E-state index contributed by atoms with van der Waals surface area (Å²) >= 11 is 0. The quantitative estimate of drug-likeness (QED) is 0.155. The summed E-state index contributed by atoms with van der Waals surface area (Å²) in [6.45, 7) is 4.75. The molecular weight excluding hydrogens is 685 g/mol. The average Bonchev–Trinajstić information content (AvgIpc) is 3.51. The van der Waals surface area contributed by atoms with Gasteiger partial charge >= 0.3 is 0 Å². The van der Waals surface area contributed by atoms with Crippen LogP contribution in [0.5, 0.6) is 0 Å². The Morgan fingerprint density at radius 1 is 0.263 bits per heavy atom. The smallest absolute Gasteiger partial charge is 0.0159 e. The van der Waals surface area contributed by atoms with Crippen molar-refractivity contribution < 1.29 is 0 Å². The van der Waals surface area contributed by atoms with Gasteiger partial charge in [0, 0.05) is 5.41 Å². The van der Waals surface area contributed by atoms with Crippen LogP contribution in [0.3, 0.4) is 0 Å². The van der Waals surface area contributed by atoms with E-state index in [1.807, 2.05) is 0 Å². The molecule has 0 unspecified atom stereocenters. The Balaban J connectivity index is 1.19. The highest BCUT2D eigenvalue weighted by Crippen LogP contribution is 2.55. The van der Waals surface area contributed by atoms with E-state index in [0.717, 1.165) is 0 Å². The minimum absolute atomic E-state index is 0.0959. The highest BCUT2D eigenvalue weighted by Gasteiger charge is 2.37. The van der Waals surface area contributed by atoms with E-state index in [9.17, 15) is 0 Å². The first-order valence-corrected chi connectivity index (χ1v) is 20.0. The molecule has 0 heteroatoms. The Kier molecular flexibility index (Phi) is 7.63. The van der Waals surface area contributed by atoms with Crippen molar-refractivity contribution in [2.45, 2.75) is 19.3 Å². The molecule has 0 nitrogen and oxygen atoms in total. The molecule has 11 rings (SSSR count). The van der Waals surface area contributed by atoms with Gasteiger partial charge in [-0.15, -0.1) is 0 Å². The van der Waals surface area contributed by atoms with Crippen LogP contribution in [0.4, 0.5) is 0 Å². The maximum Gasteiger partial charge on any atom is 0.0159 e. The molecule has 0 spiro atoms.